The smallest absolute Gasteiger partial charge is 0.127 e. The summed E-state index contributed by atoms with van der Waals surface area (Å²) in [6.45, 7) is 6.21. The monoisotopic (exact) mass is 227 g/mol. The topological polar surface area (TPSA) is 12.0 Å². The Morgan fingerprint density at radius 3 is 2.38 bits per heavy atom. The normalized spacial score (nSPS) is 11.9. The maximum absolute atomic E-state index is 13.8. The molecule has 1 N–H and O–H groups in total. The van der Waals surface area contributed by atoms with Crippen molar-refractivity contribution >= 4 is 0 Å². The SMILES string of the molecule is CNCCC(C)(C)c1cc(F)c(C)cc1F. The molecule has 3 heteroatoms. The van der Waals surface area contributed by atoms with Gasteiger partial charge in [-0.25, -0.2) is 8.78 Å². The van der Waals surface area contributed by atoms with Crippen molar-refractivity contribution in [3.05, 3.63) is 34.9 Å². The molecule has 16 heavy (non-hydrogen) atoms. The first kappa shape index (κ1) is 13.1. The van der Waals surface area contributed by atoms with Gasteiger partial charge in [-0.15, -0.1) is 0 Å². The van der Waals surface area contributed by atoms with Gasteiger partial charge in [0.05, 0.1) is 0 Å². The molecule has 1 aromatic rings. The summed E-state index contributed by atoms with van der Waals surface area (Å²) in [5.74, 6) is -0.658. The number of halogens is 2. The first-order chi connectivity index (χ1) is 7.38. The number of hydrogen-bond donors (Lipinski definition) is 1. The van der Waals surface area contributed by atoms with Gasteiger partial charge in [-0.2, -0.15) is 0 Å². The van der Waals surface area contributed by atoms with E-state index in [1.807, 2.05) is 20.9 Å². The molecule has 0 saturated carbocycles. The Labute approximate surface area is 95.9 Å². The highest BCUT2D eigenvalue weighted by Gasteiger charge is 2.24. The molecule has 0 bridgehead atoms. The Hall–Kier alpha value is -0.960. The number of benzene rings is 1. The third kappa shape index (κ3) is 2.79. The largest absolute Gasteiger partial charge is 0.320 e. The minimum atomic E-state index is -0.359. The number of hydrogen-bond acceptors (Lipinski definition) is 1. The number of aryl methyl sites for hydroxylation is 1. The van der Waals surface area contributed by atoms with Crippen LogP contribution in [0, 0.1) is 18.6 Å². The van der Waals surface area contributed by atoms with E-state index in [2.05, 4.69) is 5.32 Å². The van der Waals surface area contributed by atoms with Gasteiger partial charge in [-0.1, -0.05) is 13.8 Å². The number of nitrogens with one attached hydrogen (secondary N) is 1. The summed E-state index contributed by atoms with van der Waals surface area (Å²) >= 11 is 0. The fourth-order valence-electron chi connectivity index (χ4n) is 1.74. The second-order valence-corrected chi connectivity index (χ2v) is 4.82. The lowest BCUT2D eigenvalue weighted by atomic mass is 9.81. The van der Waals surface area contributed by atoms with Crippen molar-refractivity contribution < 1.29 is 8.78 Å². The quantitative estimate of drug-likeness (QED) is 0.833. The Morgan fingerprint density at radius 2 is 1.81 bits per heavy atom. The summed E-state index contributed by atoms with van der Waals surface area (Å²) in [6, 6.07) is 2.59. The molecule has 0 heterocycles. The number of rotatable bonds is 4. The lowest BCUT2D eigenvalue weighted by Gasteiger charge is -2.26. The van der Waals surface area contributed by atoms with Gasteiger partial charge in [0.25, 0.3) is 0 Å². The van der Waals surface area contributed by atoms with Crippen molar-refractivity contribution in [2.24, 2.45) is 0 Å². The van der Waals surface area contributed by atoms with Crippen LogP contribution < -0.4 is 5.32 Å². The van der Waals surface area contributed by atoms with Gasteiger partial charge in [0.2, 0.25) is 0 Å². The lowest BCUT2D eigenvalue weighted by Crippen LogP contribution is -2.25. The van der Waals surface area contributed by atoms with Crippen LogP contribution in [0.25, 0.3) is 0 Å². The van der Waals surface area contributed by atoms with Crippen LogP contribution in [-0.2, 0) is 5.41 Å². The first-order valence-electron chi connectivity index (χ1n) is 5.49. The third-order valence-electron chi connectivity index (χ3n) is 2.98. The van der Waals surface area contributed by atoms with Crippen LogP contribution in [0.1, 0.15) is 31.4 Å². The van der Waals surface area contributed by atoms with Crippen LogP contribution in [0.2, 0.25) is 0 Å². The summed E-state index contributed by atoms with van der Waals surface area (Å²) in [6.07, 6.45) is 0.767. The van der Waals surface area contributed by atoms with Crippen molar-refractivity contribution in [3.8, 4) is 0 Å². The summed E-state index contributed by atoms with van der Waals surface area (Å²) in [4.78, 5) is 0. The van der Waals surface area contributed by atoms with Crippen molar-refractivity contribution in [1.82, 2.24) is 5.32 Å². The zero-order chi connectivity index (χ0) is 12.3. The van der Waals surface area contributed by atoms with E-state index in [0.29, 0.717) is 11.1 Å². The van der Waals surface area contributed by atoms with E-state index in [-0.39, 0.29) is 17.0 Å². The average Bonchev–Trinajstić information content (AvgIpc) is 2.20. The average molecular weight is 227 g/mol. The third-order valence-corrected chi connectivity index (χ3v) is 2.98. The Balaban J connectivity index is 3.07. The standard InChI is InChI=1S/C13H19F2N/c1-9-7-12(15)10(8-11(9)14)13(2,3)5-6-16-4/h7-8,16H,5-6H2,1-4H3. The van der Waals surface area contributed by atoms with Crippen LogP contribution >= 0.6 is 0 Å². The molecule has 0 saturated heterocycles. The molecule has 0 radical (unpaired) electrons. The molecular formula is C13H19F2N. The minimum absolute atomic E-state index is 0.319. The molecule has 0 aliphatic heterocycles. The van der Waals surface area contributed by atoms with Crippen molar-refractivity contribution in [3.63, 3.8) is 0 Å². The molecule has 0 fully saturated rings. The molecule has 1 rings (SSSR count). The Morgan fingerprint density at radius 1 is 1.19 bits per heavy atom. The van der Waals surface area contributed by atoms with Gasteiger partial charge in [0, 0.05) is 0 Å². The van der Waals surface area contributed by atoms with Crippen molar-refractivity contribution in [2.45, 2.75) is 32.6 Å². The summed E-state index contributed by atoms with van der Waals surface area (Å²) in [5, 5.41) is 3.02. The van der Waals surface area contributed by atoms with E-state index in [1.54, 1.807) is 6.92 Å². The second kappa shape index (κ2) is 4.91. The van der Waals surface area contributed by atoms with Crippen LogP contribution in [-0.4, -0.2) is 13.6 Å². The van der Waals surface area contributed by atoms with Gasteiger partial charge < -0.3 is 5.32 Å². The highest BCUT2D eigenvalue weighted by atomic mass is 19.1. The van der Waals surface area contributed by atoms with Crippen molar-refractivity contribution in [2.75, 3.05) is 13.6 Å². The Bertz CT molecular complexity index is 372. The molecule has 0 aromatic heterocycles. The fourth-order valence-corrected chi connectivity index (χ4v) is 1.74. The highest BCUT2D eigenvalue weighted by Crippen LogP contribution is 2.30. The van der Waals surface area contributed by atoms with E-state index in [1.165, 1.54) is 12.1 Å². The first-order valence-corrected chi connectivity index (χ1v) is 5.49. The lowest BCUT2D eigenvalue weighted by molar-refractivity contribution is 0.437. The van der Waals surface area contributed by atoms with Gasteiger partial charge in [-0.05, 0) is 55.6 Å². The molecule has 0 aliphatic carbocycles. The van der Waals surface area contributed by atoms with Gasteiger partial charge in [-0.3, -0.25) is 0 Å². The molecule has 1 nitrogen and oxygen atoms in total. The van der Waals surface area contributed by atoms with Gasteiger partial charge in [0.1, 0.15) is 11.6 Å². The predicted octanol–water partition coefficient (Wildman–Crippen LogP) is 3.16. The maximum atomic E-state index is 13.8. The zero-order valence-corrected chi connectivity index (χ0v) is 10.3. The van der Waals surface area contributed by atoms with Crippen LogP contribution in [0.3, 0.4) is 0 Å². The minimum Gasteiger partial charge on any atom is -0.320 e. The van der Waals surface area contributed by atoms with Crippen molar-refractivity contribution in [1.29, 1.82) is 0 Å². The highest BCUT2D eigenvalue weighted by molar-refractivity contribution is 5.30. The second-order valence-electron chi connectivity index (χ2n) is 4.82. The molecule has 0 amide bonds. The van der Waals surface area contributed by atoms with Gasteiger partial charge in [0.15, 0.2) is 0 Å². The van der Waals surface area contributed by atoms with E-state index in [4.69, 9.17) is 0 Å². The van der Waals surface area contributed by atoms with Crippen LogP contribution in [0.5, 0.6) is 0 Å². The molecule has 90 valence electrons. The summed E-state index contributed by atoms with van der Waals surface area (Å²) in [7, 11) is 1.85. The molecule has 0 unspecified atom stereocenters. The van der Waals surface area contributed by atoms with Gasteiger partial charge >= 0.3 is 0 Å². The zero-order valence-electron chi connectivity index (χ0n) is 10.3. The molecular weight excluding hydrogens is 208 g/mol. The van der Waals surface area contributed by atoms with E-state index in [0.717, 1.165) is 13.0 Å². The summed E-state index contributed by atoms with van der Waals surface area (Å²) < 4.78 is 27.2. The fraction of sp³-hybridized carbons (Fsp3) is 0.538. The van der Waals surface area contributed by atoms with E-state index < -0.39 is 0 Å². The predicted molar refractivity (Wildman–Crippen MR) is 62.7 cm³/mol. The molecule has 0 aliphatic rings. The molecule has 0 atom stereocenters. The molecule has 0 spiro atoms. The Kier molecular flexibility index (Phi) is 4.03. The maximum Gasteiger partial charge on any atom is 0.127 e. The van der Waals surface area contributed by atoms with E-state index in [9.17, 15) is 8.78 Å². The molecule has 1 aromatic carbocycles. The summed E-state index contributed by atoms with van der Waals surface area (Å²) in [5.41, 5.74) is 0.443. The van der Waals surface area contributed by atoms with Crippen LogP contribution in [0.4, 0.5) is 8.78 Å². The van der Waals surface area contributed by atoms with Crippen LogP contribution in [0.15, 0.2) is 12.1 Å². The van der Waals surface area contributed by atoms with E-state index >= 15 is 0 Å².